The van der Waals surface area contributed by atoms with Crippen LogP contribution in [0.15, 0.2) is 18.3 Å². The van der Waals surface area contributed by atoms with Crippen LogP contribution in [-0.2, 0) is 14.6 Å². The lowest BCUT2D eigenvalue weighted by Gasteiger charge is -2.40. The zero-order chi connectivity index (χ0) is 21.3. The number of aromatic nitrogens is 1. The number of aliphatic hydroxyl groups is 1. The molecule has 0 radical (unpaired) electrons. The number of carbonyl (C=O) groups is 1. The first kappa shape index (κ1) is 22.0. The number of carbonyl (C=O) groups excluding carboxylic acids is 1. The van der Waals surface area contributed by atoms with Crippen molar-refractivity contribution in [3.05, 3.63) is 18.3 Å². The van der Waals surface area contributed by atoms with Gasteiger partial charge in [-0.05, 0) is 58.4 Å². The molecule has 1 spiro atoms. The number of rotatable bonds is 7. The SMILES string of the molecule is CCCS(=O)(=O)CC1(O)CCC2(CCN(c3ccc(OC(C)C)nc3)C2=O)CC1. The fourth-order valence-electron chi connectivity index (χ4n) is 4.50. The van der Waals surface area contributed by atoms with E-state index in [1.54, 1.807) is 17.2 Å². The van der Waals surface area contributed by atoms with E-state index in [0.717, 1.165) is 5.69 Å². The van der Waals surface area contributed by atoms with Gasteiger partial charge in [-0.25, -0.2) is 13.4 Å². The van der Waals surface area contributed by atoms with Crippen molar-refractivity contribution in [3.63, 3.8) is 0 Å². The number of pyridine rings is 1. The van der Waals surface area contributed by atoms with Gasteiger partial charge >= 0.3 is 0 Å². The van der Waals surface area contributed by atoms with E-state index in [2.05, 4.69) is 4.98 Å². The maximum atomic E-state index is 13.2. The van der Waals surface area contributed by atoms with Gasteiger partial charge in [0.2, 0.25) is 11.8 Å². The molecule has 1 saturated heterocycles. The van der Waals surface area contributed by atoms with Gasteiger partial charge in [0, 0.05) is 12.6 Å². The molecule has 1 N–H and O–H groups in total. The molecule has 0 bridgehead atoms. The average Bonchev–Trinajstić information content (AvgIpc) is 2.94. The molecule has 7 nitrogen and oxygen atoms in total. The van der Waals surface area contributed by atoms with E-state index >= 15 is 0 Å². The molecule has 1 aromatic heterocycles. The molecule has 2 aliphatic rings. The van der Waals surface area contributed by atoms with E-state index < -0.39 is 20.9 Å². The maximum absolute atomic E-state index is 13.2. The summed E-state index contributed by atoms with van der Waals surface area (Å²) in [6.07, 6.45) is 4.67. The van der Waals surface area contributed by atoms with Gasteiger partial charge in [-0.1, -0.05) is 6.92 Å². The molecule has 2 heterocycles. The molecule has 0 aromatic carbocycles. The third-order valence-electron chi connectivity index (χ3n) is 6.04. The van der Waals surface area contributed by atoms with Crippen molar-refractivity contribution in [2.24, 2.45) is 5.41 Å². The van der Waals surface area contributed by atoms with Crippen molar-refractivity contribution in [2.45, 2.75) is 71.0 Å². The van der Waals surface area contributed by atoms with Gasteiger partial charge in [-0.3, -0.25) is 4.79 Å². The molecule has 162 valence electrons. The minimum absolute atomic E-state index is 0.0344. The van der Waals surface area contributed by atoms with Crippen LogP contribution in [0.5, 0.6) is 5.88 Å². The Morgan fingerprint density at radius 3 is 2.45 bits per heavy atom. The van der Waals surface area contributed by atoms with E-state index in [9.17, 15) is 18.3 Å². The van der Waals surface area contributed by atoms with Gasteiger partial charge in [0.25, 0.3) is 0 Å². The first-order valence-electron chi connectivity index (χ1n) is 10.5. The second kappa shape index (κ2) is 8.22. The summed E-state index contributed by atoms with van der Waals surface area (Å²) in [5.41, 5.74) is -0.979. The number of nitrogens with zero attached hydrogens (tertiary/aromatic N) is 2. The molecular weight excluding hydrogens is 392 g/mol. The Labute approximate surface area is 173 Å². The summed E-state index contributed by atoms with van der Waals surface area (Å²) in [4.78, 5) is 19.3. The number of hydrogen-bond acceptors (Lipinski definition) is 6. The Morgan fingerprint density at radius 2 is 1.90 bits per heavy atom. The number of amides is 1. The molecule has 1 aliphatic heterocycles. The van der Waals surface area contributed by atoms with Crippen LogP contribution >= 0.6 is 0 Å². The molecule has 3 rings (SSSR count). The molecule has 0 unspecified atom stereocenters. The normalized spacial score (nSPS) is 27.8. The van der Waals surface area contributed by atoms with Crippen molar-refractivity contribution in [1.82, 2.24) is 4.98 Å². The number of ether oxygens (including phenoxy) is 1. The Balaban J connectivity index is 1.66. The van der Waals surface area contributed by atoms with Crippen LogP contribution in [-0.4, -0.2) is 54.2 Å². The Bertz CT molecular complexity index is 827. The monoisotopic (exact) mass is 424 g/mol. The zero-order valence-electron chi connectivity index (χ0n) is 17.6. The minimum Gasteiger partial charge on any atom is -0.475 e. The van der Waals surface area contributed by atoms with Crippen molar-refractivity contribution >= 4 is 21.4 Å². The van der Waals surface area contributed by atoms with Crippen LogP contribution in [0.2, 0.25) is 0 Å². The van der Waals surface area contributed by atoms with Crippen LogP contribution in [0.4, 0.5) is 5.69 Å². The van der Waals surface area contributed by atoms with Gasteiger partial charge in [0.1, 0.15) is 0 Å². The van der Waals surface area contributed by atoms with Crippen molar-refractivity contribution in [2.75, 3.05) is 23.0 Å². The summed E-state index contributed by atoms with van der Waals surface area (Å²) in [6, 6.07) is 3.62. The minimum atomic E-state index is -3.27. The Morgan fingerprint density at radius 1 is 1.21 bits per heavy atom. The molecule has 1 aromatic rings. The van der Waals surface area contributed by atoms with E-state index in [1.165, 1.54) is 0 Å². The third kappa shape index (κ3) is 4.91. The number of sulfone groups is 1. The molecular formula is C21H32N2O5S. The summed E-state index contributed by atoms with van der Waals surface area (Å²) in [7, 11) is -3.27. The predicted molar refractivity (Wildman–Crippen MR) is 112 cm³/mol. The molecule has 1 amide bonds. The quantitative estimate of drug-likeness (QED) is 0.723. The van der Waals surface area contributed by atoms with E-state index in [-0.39, 0.29) is 23.5 Å². The van der Waals surface area contributed by atoms with Crippen molar-refractivity contribution in [3.8, 4) is 5.88 Å². The first-order chi connectivity index (χ1) is 13.6. The fourth-order valence-corrected chi connectivity index (χ4v) is 6.38. The van der Waals surface area contributed by atoms with Crippen LogP contribution in [0.3, 0.4) is 0 Å². The summed E-state index contributed by atoms with van der Waals surface area (Å²) >= 11 is 0. The summed E-state index contributed by atoms with van der Waals surface area (Å²) in [5.74, 6) is 0.469. The van der Waals surface area contributed by atoms with Crippen LogP contribution < -0.4 is 9.64 Å². The topological polar surface area (TPSA) is 96.8 Å². The van der Waals surface area contributed by atoms with Crippen molar-refractivity contribution < 1.29 is 23.1 Å². The van der Waals surface area contributed by atoms with Crippen LogP contribution in [0.25, 0.3) is 0 Å². The van der Waals surface area contributed by atoms with E-state index in [4.69, 9.17) is 4.74 Å². The molecule has 1 aliphatic carbocycles. The maximum Gasteiger partial charge on any atom is 0.233 e. The number of hydrogen-bond donors (Lipinski definition) is 1. The predicted octanol–water partition coefficient (Wildman–Crippen LogP) is 2.72. The molecule has 1 saturated carbocycles. The van der Waals surface area contributed by atoms with Gasteiger partial charge in [-0.15, -0.1) is 0 Å². The fraction of sp³-hybridized carbons (Fsp3) is 0.714. The highest BCUT2D eigenvalue weighted by atomic mass is 32.2. The lowest BCUT2D eigenvalue weighted by Crippen LogP contribution is -2.47. The van der Waals surface area contributed by atoms with Gasteiger partial charge in [0.05, 0.1) is 40.5 Å². The average molecular weight is 425 g/mol. The first-order valence-corrected chi connectivity index (χ1v) is 12.3. The largest absolute Gasteiger partial charge is 0.475 e. The summed E-state index contributed by atoms with van der Waals surface area (Å²) in [6.45, 7) is 6.29. The highest BCUT2D eigenvalue weighted by Crippen LogP contribution is 2.48. The zero-order valence-corrected chi connectivity index (χ0v) is 18.4. The van der Waals surface area contributed by atoms with E-state index in [1.807, 2.05) is 26.8 Å². The number of anilines is 1. The summed E-state index contributed by atoms with van der Waals surface area (Å²) < 4.78 is 29.9. The van der Waals surface area contributed by atoms with Gasteiger partial charge in [0.15, 0.2) is 9.84 Å². The molecule has 8 heteroatoms. The smallest absolute Gasteiger partial charge is 0.233 e. The highest BCUT2D eigenvalue weighted by molar-refractivity contribution is 7.91. The van der Waals surface area contributed by atoms with Crippen LogP contribution in [0, 0.1) is 5.41 Å². The van der Waals surface area contributed by atoms with E-state index in [0.29, 0.717) is 50.9 Å². The molecule has 0 atom stereocenters. The van der Waals surface area contributed by atoms with Gasteiger partial charge < -0.3 is 14.7 Å². The lowest BCUT2D eigenvalue weighted by atomic mass is 9.68. The Kier molecular flexibility index (Phi) is 6.24. The molecule has 2 fully saturated rings. The standard InChI is InChI=1S/C21H32N2O5S/c1-4-13-29(26,27)15-21(25)9-7-20(8-10-21)11-12-23(19(20)24)17-5-6-18(22-14-17)28-16(2)3/h5-6,14,16,25H,4,7-13,15H2,1-3H3. The third-order valence-corrected chi connectivity index (χ3v) is 8.05. The highest BCUT2D eigenvalue weighted by Gasteiger charge is 2.52. The second-order valence-electron chi connectivity index (χ2n) is 8.82. The van der Waals surface area contributed by atoms with Crippen molar-refractivity contribution in [1.29, 1.82) is 0 Å². The van der Waals surface area contributed by atoms with Crippen LogP contribution in [0.1, 0.15) is 59.3 Å². The lowest BCUT2D eigenvalue weighted by molar-refractivity contribution is -0.130. The van der Waals surface area contributed by atoms with Gasteiger partial charge in [-0.2, -0.15) is 0 Å². The second-order valence-corrected chi connectivity index (χ2v) is 11.0. The molecule has 29 heavy (non-hydrogen) atoms. The summed E-state index contributed by atoms with van der Waals surface area (Å²) in [5, 5.41) is 10.8. The Hall–Kier alpha value is -1.67.